The number of benzene rings is 1. The first kappa shape index (κ1) is 12.6. The Hall–Kier alpha value is -1.84. The molecule has 0 amide bonds. The van der Waals surface area contributed by atoms with Crippen molar-refractivity contribution in [2.45, 2.75) is 26.7 Å². The second-order valence-corrected chi connectivity index (χ2v) is 4.53. The lowest BCUT2D eigenvalue weighted by Gasteiger charge is -2.02. The number of nitrogens with zero attached hydrogens (tertiary/aromatic N) is 2. The molecule has 1 heterocycles. The Bertz CT molecular complexity index is 573. The highest BCUT2D eigenvalue weighted by molar-refractivity contribution is 5.71. The van der Waals surface area contributed by atoms with E-state index in [1.165, 1.54) is 6.07 Å². The fourth-order valence-corrected chi connectivity index (χ4v) is 2.01. The zero-order valence-electron chi connectivity index (χ0n) is 11.0. The number of anilines is 1. The maximum absolute atomic E-state index is 13.3. The summed E-state index contributed by atoms with van der Waals surface area (Å²) < 4.78 is 15.2. The number of nitrogen functional groups attached to an aromatic ring is 1. The Morgan fingerprint density at radius 1 is 1.39 bits per heavy atom. The number of rotatable bonds is 3. The second kappa shape index (κ2) is 4.80. The zero-order valence-corrected chi connectivity index (χ0v) is 11.0. The lowest BCUT2D eigenvalue weighted by molar-refractivity contribution is 0.619. The normalized spacial score (nSPS) is 10.9. The van der Waals surface area contributed by atoms with Gasteiger partial charge in [-0.05, 0) is 37.1 Å². The van der Waals surface area contributed by atoms with Gasteiger partial charge in [0.25, 0.3) is 0 Å². The summed E-state index contributed by atoms with van der Waals surface area (Å²) in [4.78, 5) is 4.56. The molecule has 0 aliphatic heterocycles. The minimum atomic E-state index is -0.206. The van der Waals surface area contributed by atoms with Crippen LogP contribution < -0.4 is 5.73 Å². The molecule has 0 aliphatic rings. The summed E-state index contributed by atoms with van der Waals surface area (Å²) in [6.07, 6.45) is 1.91. The molecule has 2 N–H and O–H groups in total. The first-order valence-electron chi connectivity index (χ1n) is 6.12. The Balaban J connectivity index is 2.50. The van der Waals surface area contributed by atoms with Crippen LogP contribution in [0.3, 0.4) is 0 Å². The highest BCUT2D eigenvalue weighted by atomic mass is 19.1. The lowest BCUT2D eigenvalue weighted by atomic mass is 10.1. The van der Waals surface area contributed by atoms with E-state index in [2.05, 4.69) is 11.9 Å². The van der Waals surface area contributed by atoms with Crippen LogP contribution in [-0.2, 0) is 13.5 Å². The van der Waals surface area contributed by atoms with Crippen LogP contribution in [0.15, 0.2) is 18.2 Å². The summed E-state index contributed by atoms with van der Waals surface area (Å²) in [6, 6.07) is 4.96. The van der Waals surface area contributed by atoms with Crippen molar-refractivity contribution in [3.63, 3.8) is 0 Å². The van der Waals surface area contributed by atoms with E-state index >= 15 is 0 Å². The number of hydrogen-bond acceptors (Lipinski definition) is 2. The molecule has 1 aromatic heterocycles. The molecule has 2 aromatic rings. The topological polar surface area (TPSA) is 43.8 Å². The molecule has 0 bridgehead atoms. The second-order valence-electron chi connectivity index (χ2n) is 4.53. The molecule has 4 heteroatoms. The molecule has 0 fully saturated rings. The molecule has 0 atom stereocenters. The van der Waals surface area contributed by atoms with Gasteiger partial charge >= 0.3 is 0 Å². The monoisotopic (exact) mass is 247 g/mol. The summed E-state index contributed by atoms with van der Waals surface area (Å²) in [7, 11) is 1.91. The van der Waals surface area contributed by atoms with Crippen molar-refractivity contribution in [3.8, 4) is 11.3 Å². The van der Waals surface area contributed by atoms with E-state index in [-0.39, 0.29) is 5.82 Å². The molecule has 1 aromatic carbocycles. The van der Waals surface area contributed by atoms with Crippen LogP contribution in [0.2, 0.25) is 0 Å². The molecule has 0 aliphatic carbocycles. The smallest absolute Gasteiger partial charge is 0.131 e. The van der Waals surface area contributed by atoms with Crippen molar-refractivity contribution in [2.75, 3.05) is 5.73 Å². The largest absolute Gasteiger partial charge is 0.383 e. The first-order chi connectivity index (χ1) is 8.54. The van der Waals surface area contributed by atoms with Crippen molar-refractivity contribution in [3.05, 3.63) is 35.4 Å². The molecule has 0 radical (unpaired) electrons. The van der Waals surface area contributed by atoms with Gasteiger partial charge in [-0.15, -0.1) is 0 Å². The maximum Gasteiger partial charge on any atom is 0.131 e. The molecule has 2 rings (SSSR count). The fourth-order valence-electron chi connectivity index (χ4n) is 2.01. The van der Waals surface area contributed by atoms with Crippen molar-refractivity contribution in [1.29, 1.82) is 0 Å². The summed E-state index contributed by atoms with van der Waals surface area (Å²) >= 11 is 0. The molecular formula is C14H18FN3. The number of nitrogens with two attached hydrogens (primary N) is 1. The van der Waals surface area contributed by atoms with Crippen molar-refractivity contribution in [2.24, 2.45) is 7.05 Å². The number of halogens is 1. The van der Waals surface area contributed by atoms with Crippen LogP contribution in [-0.4, -0.2) is 9.55 Å². The minimum Gasteiger partial charge on any atom is -0.383 e. The minimum absolute atomic E-state index is 0.206. The quantitative estimate of drug-likeness (QED) is 0.905. The van der Waals surface area contributed by atoms with Crippen LogP contribution in [0.1, 0.15) is 24.7 Å². The number of hydrogen-bond donors (Lipinski definition) is 1. The van der Waals surface area contributed by atoms with Gasteiger partial charge in [0, 0.05) is 19.0 Å². The summed E-state index contributed by atoms with van der Waals surface area (Å²) in [5.41, 5.74) is 8.27. The Morgan fingerprint density at radius 3 is 2.72 bits per heavy atom. The molecular weight excluding hydrogens is 229 g/mol. The summed E-state index contributed by atoms with van der Waals surface area (Å²) in [5.74, 6) is 1.39. The maximum atomic E-state index is 13.3. The van der Waals surface area contributed by atoms with Crippen LogP contribution in [0.25, 0.3) is 11.3 Å². The van der Waals surface area contributed by atoms with Gasteiger partial charge in [-0.2, -0.15) is 0 Å². The van der Waals surface area contributed by atoms with Crippen molar-refractivity contribution < 1.29 is 4.39 Å². The van der Waals surface area contributed by atoms with Gasteiger partial charge in [-0.1, -0.05) is 6.92 Å². The fraction of sp³-hybridized carbons (Fsp3) is 0.357. The van der Waals surface area contributed by atoms with Crippen LogP contribution >= 0.6 is 0 Å². The van der Waals surface area contributed by atoms with E-state index in [1.54, 1.807) is 19.1 Å². The van der Waals surface area contributed by atoms with E-state index in [0.29, 0.717) is 11.4 Å². The molecule has 0 saturated heterocycles. The third-order valence-corrected chi connectivity index (χ3v) is 3.14. The third-order valence-electron chi connectivity index (χ3n) is 3.14. The lowest BCUT2D eigenvalue weighted by Crippen LogP contribution is -2.01. The Morgan fingerprint density at radius 2 is 2.11 bits per heavy atom. The number of imidazole rings is 1. The van der Waals surface area contributed by atoms with Crippen LogP contribution in [0.5, 0.6) is 0 Å². The van der Waals surface area contributed by atoms with Crippen molar-refractivity contribution in [1.82, 2.24) is 9.55 Å². The average molecular weight is 247 g/mol. The zero-order chi connectivity index (χ0) is 13.3. The molecule has 0 spiro atoms. The van der Waals surface area contributed by atoms with Crippen LogP contribution in [0.4, 0.5) is 10.2 Å². The first-order valence-corrected chi connectivity index (χ1v) is 6.12. The van der Waals surface area contributed by atoms with Gasteiger partial charge < -0.3 is 10.3 Å². The summed E-state index contributed by atoms with van der Waals surface area (Å²) in [5, 5.41) is 0. The SMILES string of the molecule is CCCc1nc(-c2ccc(F)c(C)c2)c(N)n1C. The molecule has 3 nitrogen and oxygen atoms in total. The van der Waals surface area contributed by atoms with E-state index < -0.39 is 0 Å². The predicted molar refractivity (Wildman–Crippen MR) is 71.7 cm³/mol. The summed E-state index contributed by atoms with van der Waals surface area (Å²) in [6.45, 7) is 3.84. The predicted octanol–water partition coefficient (Wildman–Crippen LogP) is 3.07. The standard InChI is InChI=1S/C14H18FN3/c1-4-5-12-17-13(14(16)18(12)3)10-6-7-11(15)9(2)8-10/h6-8H,4-5,16H2,1-3H3. The van der Waals surface area contributed by atoms with Gasteiger partial charge in [-0.25, -0.2) is 9.37 Å². The Labute approximate surface area is 106 Å². The van der Waals surface area contributed by atoms with E-state index in [1.807, 2.05) is 11.6 Å². The number of aromatic nitrogens is 2. The van der Waals surface area contributed by atoms with Gasteiger partial charge in [0.1, 0.15) is 23.2 Å². The molecule has 0 saturated carbocycles. The van der Waals surface area contributed by atoms with Gasteiger partial charge in [0.15, 0.2) is 0 Å². The number of aryl methyl sites for hydroxylation is 2. The van der Waals surface area contributed by atoms with E-state index in [0.717, 1.165) is 29.9 Å². The van der Waals surface area contributed by atoms with E-state index in [9.17, 15) is 4.39 Å². The average Bonchev–Trinajstić information content (AvgIpc) is 2.62. The highest BCUT2D eigenvalue weighted by Crippen LogP contribution is 2.27. The molecule has 18 heavy (non-hydrogen) atoms. The highest BCUT2D eigenvalue weighted by Gasteiger charge is 2.13. The molecule has 96 valence electrons. The third kappa shape index (κ3) is 2.10. The van der Waals surface area contributed by atoms with Crippen molar-refractivity contribution >= 4 is 5.82 Å². The van der Waals surface area contributed by atoms with Gasteiger partial charge in [-0.3, -0.25) is 0 Å². The van der Waals surface area contributed by atoms with Gasteiger partial charge in [0.2, 0.25) is 0 Å². The van der Waals surface area contributed by atoms with Gasteiger partial charge in [0.05, 0.1) is 0 Å². The molecule has 0 unspecified atom stereocenters. The van der Waals surface area contributed by atoms with E-state index in [4.69, 9.17) is 5.73 Å². The Kier molecular flexibility index (Phi) is 3.36. The van der Waals surface area contributed by atoms with Crippen LogP contribution in [0, 0.1) is 12.7 Å².